The van der Waals surface area contributed by atoms with E-state index in [0.29, 0.717) is 64.4 Å². The Morgan fingerprint density at radius 3 is 2.12 bits per heavy atom. The van der Waals surface area contributed by atoms with Crippen LogP contribution in [0.15, 0.2) is 0 Å². The number of rotatable bonds is 24. The highest BCUT2D eigenvalue weighted by atomic mass is 16.7. The minimum absolute atomic E-state index is 0.0265. The molecule has 1 saturated heterocycles. The fourth-order valence-electron chi connectivity index (χ4n) is 7.95. The van der Waals surface area contributed by atoms with Gasteiger partial charge in [-0.2, -0.15) is 0 Å². The number of nitrogens with two attached hydrogens (primary N) is 1. The number of ketones is 1. The van der Waals surface area contributed by atoms with Gasteiger partial charge >= 0.3 is 5.97 Å². The molecule has 3 fully saturated rings. The van der Waals surface area contributed by atoms with Gasteiger partial charge in [-0.25, -0.2) is 0 Å². The monoisotopic (exact) mass is 808 g/mol. The van der Waals surface area contributed by atoms with E-state index in [0.717, 1.165) is 25.7 Å². The molecular formula is C39H64N6O12. The van der Waals surface area contributed by atoms with Crippen molar-refractivity contribution >= 4 is 47.2 Å². The average molecular weight is 809 g/mol. The summed E-state index contributed by atoms with van der Waals surface area (Å²) < 4.78 is 16.4. The van der Waals surface area contributed by atoms with Crippen molar-refractivity contribution < 1.29 is 57.7 Å². The number of hydrogen-bond acceptors (Lipinski definition) is 11. The number of carboxylic acids is 1. The van der Waals surface area contributed by atoms with Gasteiger partial charge in [0.2, 0.25) is 35.3 Å². The van der Waals surface area contributed by atoms with E-state index >= 15 is 0 Å². The summed E-state index contributed by atoms with van der Waals surface area (Å²) in [6, 6.07) is -4.40. The van der Waals surface area contributed by atoms with Crippen LogP contribution < -0.4 is 27.0 Å². The lowest BCUT2D eigenvalue weighted by molar-refractivity contribution is -0.150. The molecule has 0 bridgehead atoms. The molecule has 322 valence electrons. The van der Waals surface area contributed by atoms with E-state index in [2.05, 4.69) is 21.3 Å². The third kappa shape index (κ3) is 14.6. The largest absolute Gasteiger partial charge is 0.481 e. The fraction of sp³-hybridized carbons (Fsp3) is 0.795. The van der Waals surface area contributed by atoms with Gasteiger partial charge in [0, 0.05) is 20.1 Å². The van der Waals surface area contributed by atoms with Gasteiger partial charge in [0.05, 0.1) is 43.7 Å². The molecule has 7 N–H and O–H groups in total. The van der Waals surface area contributed by atoms with Gasteiger partial charge in [0.25, 0.3) is 5.91 Å². The molecule has 0 aromatic heterocycles. The first-order valence-corrected chi connectivity index (χ1v) is 20.6. The zero-order valence-electron chi connectivity index (χ0n) is 33.7. The highest BCUT2D eigenvalue weighted by Gasteiger charge is 2.46. The van der Waals surface area contributed by atoms with Crippen molar-refractivity contribution in [1.82, 2.24) is 26.2 Å². The molecule has 2 saturated carbocycles. The first-order chi connectivity index (χ1) is 27.3. The van der Waals surface area contributed by atoms with E-state index in [1.54, 1.807) is 6.92 Å². The SMILES string of the molecule is CCCCC(NC(=O)CNC(=O)C(=O)C(CCC)NC(=O)[C@@H]1C[C@@H](OCOCCOC)CN1C(=O)C(NC(=O)C1CCCCC1C(=O)O)C1CCCCC1)C(N)=O. The van der Waals surface area contributed by atoms with E-state index < -0.39 is 95.8 Å². The highest BCUT2D eigenvalue weighted by Crippen LogP contribution is 2.33. The van der Waals surface area contributed by atoms with Crippen LogP contribution in [0, 0.1) is 17.8 Å². The Bertz CT molecular complexity index is 1390. The van der Waals surface area contributed by atoms with Gasteiger partial charge < -0.3 is 51.2 Å². The summed E-state index contributed by atoms with van der Waals surface area (Å²) in [5.41, 5.74) is 5.38. The number of methoxy groups -OCH3 is 1. The lowest BCUT2D eigenvalue weighted by Crippen LogP contribution is -2.59. The van der Waals surface area contributed by atoms with Crippen molar-refractivity contribution in [3.8, 4) is 0 Å². The summed E-state index contributed by atoms with van der Waals surface area (Å²) in [5.74, 6) is -8.23. The Hall–Kier alpha value is -4.16. The molecule has 5 unspecified atom stereocenters. The molecule has 0 spiro atoms. The molecule has 18 heteroatoms. The van der Waals surface area contributed by atoms with Crippen molar-refractivity contribution in [3.05, 3.63) is 0 Å². The van der Waals surface area contributed by atoms with Crippen molar-refractivity contribution in [2.75, 3.05) is 40.2 Å². The van der Waals surface area contributed by atoms with E-state index in [4.69, 9.17) is 19.9 Å². The molecule has 3 rings (SSSR count). The molecule has 1 aliphatic heterocycles. The number of unbranched alkanes of at least 4 members (excludes halogenated alkanes) is 1. The first kappa shape index (κ1) is 47.2. The van der Waals surface area contributed by atoms with Crippen LogP contribution in [-0.2, 0) is 52.6 Å². The van der Waals surface area contributed by atoms with Crippen LogP contribution in [-0.4, -0.2) is 128 Å². The number of hydrogen-bond donors (Lipinski definition) is 6. The fourth-order valence-corrected chi connectivity index (χ4v) is 7.95. The normalized spacial score (nSPS) is 22.8. The third-order valence-electron chi connectivity index (χ3n) is 11.1. The number of amides is 6. The number of likely N-dealkylation sites (tertiary alicyclic amines) is 1. The number of nitrogens with zero attached hydrogens (tertiary/aromatic N) is 1. The molecule has 57 heavy (non-hydrogen) atoms. The number of carboxylic acid groups (broad SMARTS) is 1. The van der Waals surface area contributed by atoms with Gasteiger partial charge in [0.1, 0.15) is 24.9 Å². The van der Waals surface area contributed by atoms with Gasteiger partial charge in [-0.1, -0.05) is 65.2 Å². The van der Waals surface area contributed by atoms with Crippen LogP contribution in [0.4, 0.5) is 0 Å². The van der Waals surface area contributed by atoms with Gasteiger partial charge in [-0.05, 0) is 44.4 Å². The smallest absolute Gasteiger partial charge is 0.307 e. The van der Waals surface area contributed by atoms with Crippen molar-refractivity contribution in [3.63, 3.8) is 0 Å². The zero-order chi connectivity index (χ0) is 41.9. The number of carbonyl (C=O) groups excluding carboxylic acids is 7. The summed E-state index contributed by atoms with van der Waals surface area (Å²) in [5, 5.41) is 20.2. The van der Waals surface area contributed by atoms with Gasteiger partial charge in [0.15, 0.2) is 0 Å². The van der Waals surface area contributed by atoms with E-state index in [1.807, 2.05) is 6.92 Å². The van der Waals surface area contributed by atoms with Crippen molar-refractivity contribution in [1.29, 1.82) is 0 Å². The van der Waals surface area contributed by atoms with Crippen LogP contribution in [0.5, 0.6) is 0 Å². The van der Waals surface area contributed by atoms with E-state index in [1.165, 1.54) is 12.0 Å². The second kappa shape index (κ2) is 24.6. The molecule has 1 heterocycles. The molecular weight excluding hydrogens is 744 g/mol. The maximum atomic E-state index is 14.6. The van der Waals surface area contributed by atoms with E-state index in [-0.39, 0.29) is 38.7 Å². The number of primary amides is 1. The summed E-state index contributed by atoms with van der Waals surface area (Å²) in [6.07, 6.45) is 7.69. The van der Waals surface area contributed by atoms with Crippen molar-refractivity contribution in [2.24, 2.45) is 23.5 Å². The standard InChI is InChI=1S/C39H64N6O12/c1-4-6-17-29(34(40)48)42-31(46)21-41-37(51)33(47)28(12-5-2)43-36(50)30-20-25(57-23-56-19-18-55-3)22-45(30)38(52)32(24-13-8-7-9-14-24)44-35(49)26-15-10-11-16-27(26)39(53)54/h24-30,32H,4-23H2,1-3H3,(H2,40,48)(H,41,51)(H,42,46)(H,43,50)(H,44,49)(H,53,54)/t25-,26?,27?,28?,29?,30+,32?/m1/s1. The van der Waals surface area contributed by atoms with Crippen molar-refractivity contribution in [2.45, 2.75) is 140 Å². The minimum Gasteiger partial charge on any atom is -0.481 e. The third-order valence-corrected chi connectivity index (χ3v) is 11.1. The molecule has 6 amide bonds. The van der Waals surface area contributed by atoms with Gasteiger partial charge in [-0.3, -0.25) is 38.4 Å². The Balaban J connectivity index is 1.80. The van der Waals surface area contributed by atoms with Crippen LogP contribution >= 0.6 is 0 Å². The van der Waals surface area contributed by atoms with Crippen LogP contribution in [0.1, 0.15) is 110 Å². The number of carbonyl (C=O) groups is 8. The average Bonchev–Trinajstić information content (AvgIpc) is 3.64. The predicted molar refractivity (Wildman–Crippen MR) is 205 cm³/mol. The quantitative estimate of drug-likeness (QED) is 0.0447. The molecule has 7 atom stereocenters. The second-order valence-electron chi connectivity index (χ2n) is 15.3. The molecule has 18 nitrogen and oxygen atoms in total. The molecule has 0 aromatic rings. The van der Waals surface area contributed by atoms with Crippen LogP contribution in [0.3, 0.4) is 0 Å². The molecule has 0 aromatic carbocycles. The number of ether oxygens (including phenoxy) is 3. The first-order valence-electron chi connectivity index (χ1n) is 20.6. The predicted octanol–water partition coefficient (Wildman–Crippen LogP) is 0.680. The Morgan fingerprint density at radius 1 is 0.807 bits per heavy atom. The minimum atomic E-state index is -1.30. The molecule has 3 aliphatic rings. The highest BCUT2D eigenvalue weighted by molar-refractivity contribution is 6.38. The number of Topliss-reactive ketones (excluding diaryl/α,β-unsaturated/α-hetero) is 1. The molecule has 2 aliphatic carbocycles. The second-order valence-corrected chi connectivity index (χ2v) is 15.3. The maximum Gasteiger partial charge on any atom is 0.307 e. The summed E-state index contributed by atoms with van der Waals surface area (Å²) in [6.45, 7) is 3.47. The summed E-state index contributed by atoms with van der Waals surface area (Å²) in [4.78, 5) is 107. The van der Waals surface area contributed by atoms with Crippen LogP contribution in [0.25, 0.3) is 0 Å². The lowest BCUT2D eigenvalue weighted by Gasteiger charge is -2.36. The Kier molecular flexibility index (Phi) is 20.4. The van der Waals surface area contributed by atoms with Crippen LogP contribution in [0.2, 0.25) is 0 Å². The number of aliphatic carboxylic acids is 1. The summed E-state index contributed by atoms with van der Waals surface area (Å²) >= 11 is 0. The lowest BCUT2D eigenvalue weighted by atomic mass is 9.78. The number of nitrogens with one attached hydrogen (secondary N) is 4. The zero-order valence-corrected chi connectivity index (χ0v) is 33.7. The van der Waals surface area contributed by atoms with E-state index in [9.17, 15) is 43.5 Å². The maximum absolute atomic E-state index is 14.6. The Morgan fingerprint density at radius 2 is 1.49 bits per heavy atom. The topological polar surface area (TPSA) is 262 Å². The van der Waals surface area contributed by atoms with Gasteiger partial charge in [-0.15, -0.1) is 0 Å². The summed E-state index contributed by atoms with van der Waals surface area (Å²) in [7, 11) is 1.53. The molecule has 0 radical (unpaired) electrons. The Labute approximate surface area is 334 Å².